The van der Waals surface area contributed by atoms with Crippen LogP contribution in [0.15, 0.2) is 16.5 Å². The minimum absolute atomic E-state index is 0.0178. The number of halogens is 3. The molecule has 10 heteroatoms. The summed E-state index contributed by atoms with van der Waals surface area (Å²) >= 11 is 0. The minimum atomic E-state index is -5.69. The normalized spacial score (nSPS) is 13.0. The second-order valence-electron chi connectivity index (χ2n) is 5.74. The molecule has 0 N–H and O–H groups in total. The molecule has 1 rings (SSSR count). The number of ether oxygens (including phenoxy) is 1. The van der Waals surface area contributed by atoms with E-state index in [1.165, 1.54) is 13.0 Å². The summed E-state index contributed by atoms with van der Waals surface area (Å²) < 4.78 is 71.6. The predicted octanol–water partition coefficient (Wildman–Crippen LogP) is 2.98. The Hall–Kier alpha value is -1.71. The lowest BCUT2D eigenvalue weighted by Gasteiger charge is -2.24. The summed E-state index contributed by atoms with van der Waals surface area (Å²) in [5.41, 5.74) is -6.34. The highest BCUT2D eigenvalue weighted by Gasteiger charge is 2.51. The molecule has 0 bridgehead atoms. The highest BCUT2D eigenvalue weighted by molar-refractivity contribution is 7.93. The third kappa shape index (κ3) is 5.15. The molecule has 132 valence electrons. The van der Waals surface area contributed by atoms with Gasteiger partial charge in [0.2, 0.25) is 5.88 Å². The second-order valence-corrected chi connectivity index (χ2v) is 7.60. The van der Waals surface area contributed by atoms with Gasteiger partial charge in [-0.2, -0.15) is 21.6 Å². The van der Waals surface area contributed by atoms with E-state index < -0.39 is 46.0 Å². The van der Waals surface area contributed by atoms with Crippen LogP contribution in [0.4, 0.5) is 19.1 Å². The van der Waals surface area contributed by atoms with E-state index >= 15 is 0 Å². The van der Waals surface area contributed by atoms with Gasteiger partial charge in [0.1, 0.15) is 11.4 Å². The van der Waals surface area contributed by atoms with Crippen LogP contribution in [0.3, 0.4) is 0 Å². The molecule has 0 aliphatic rings. The maximum absolute atomic E-state index is 12.8. The summed E-state index contributed by atoms with van der Waals surface area (Å²) in [6, 6.07) is 2.41. The van der Waals surface area contributed by atoms with Crippen LogP contribution in [-0.2, 0) is 19.6 Å². The number of sulfonamides is 1. The highest BCUT2D eigenvalue weighted by atomic mass is 32.2. The molecule has 0 radical (unpaired) electrons. The van der Waals surface area contributed by atoms with Gasteiger partial charge in [-0.15, -0.1) is 0 Å². The Morgan fingerprint density at radius 3 is 2.22 bits per heavy atom. The van der Waals surface area contributed by atoms with Gasteiger partial charge >= 0.3 is 21.5 Å². The molecule has 0 aliphatic heterocycles. The van der Waals surface area contributed by atoms with Gasteiger partial charge < -0.3 is 9.15 Å². The Morgan fingerprint density at radius 1 is 1.26 bits per heavy atom. The average Bonchev–Trinajstić information content (AvgIpc) is 2.71. The summed E-state index contributed by atoms with van der Waals surface area (Å²) in [7, 11) is -5.69. The van der Waals surface area contributed by atoms with E-state index in [1.54, 1.807) is 20.8 Å². The largest absolute Gasteiger partial charge is 0.516 e. The first-order valence-corrected chi connectivity index (χ1v) is 8.05. The number of anilines is 1. The number of carbonyl (C=O) groups is 1. The van der Waals surface area contributed by atoms with E-state index in [1.807, 2.05) is 0 Å². The maximum Gasteiger partial charge on any atom is 0.516 e. The fourth-order valence-corrected chi connectivity index (χ4v) is 2.53. The summed E-state index contributed by atoms with van der Waals surface area (Å²) in [5, 5.41) is 0. The fraction of sp³-hybridized carbons (Fsp3) is 0.615. The average molecular weight is 357 g/mol. The van der Waals surface area contributed by atoms with E-state index in [4.69, 9.17) is 9.15 Å². The zero-order chi connectivity index (χ0) is 18.1. The molecular weight excluding hydrogens is 339 g/mol. The maximum atomic E-state index is 12.8. The van der Waals surface area contributed by atoms with E-state index in [0.717, 1.165) is 6.07 Å². The lowest BCUT2D eigenvalue weighted by Crippen LogP contribution is -2.42. The van der Waals surface area contributed by atoms with Crippen molar-refractivity contribution in [1.29, 1.82) is 0 Å². The van der Waals surface area contributed by atoms with E-state index in [2.05, 4.69) is 0 Å². The van der Waals surface area contributed by atoms with Crippen molar-refractivity contribution in [2.75, 3.05) is 10.8 Å². The van der Waals surface area contributed by atoms with Gasteiger partial charge in [-0.25, -0.2) is 4.31 Å². The lowest BCUT2D eigenvalue weighted by molar-refractivity contribution is -0.154. The van der Waals surface area contributed by atoms with Crippen molar-refractivity contribution in [1.82, 2.24) is 0 Å². The Labute approximate surface area is 132 Å². The number of alkyl halides is 3. The van der Waals surface area contributed by atoms with Crippen LogP contribution in [0.2, 0.25) is 0 Å². The Balaban J connectivity index is 3.01. The minimum Gasteiger partial charge on any atom is -0.460 e. The molecule has 0 unspecified atom stereocenters. The molecule has 0 fully saturated rings. The molecule has 6 nitrogen and oxygen atoms in total. The second kappa shape index (κ2) is 6.42. The molecule has 0 spiro atoms. The van der Waals surface area contributed by atoms with Gasteiger partial charge in [-0.3, -0.25) is 4.79 Å². The van der Waals surface area contributed by atoms with E-state index in [0.29, 0.717) is 0 Å². The summed E-state index contributed by atoms with van der Waals surface area (Å²) in [6.07, 6.45) is -0.549. The Bertz CT molecular complexity index is 658. The van der Waals surface area contributed by atoms with Crippen LogP contribution in [0, 0.1) is 6.92 Å². The number of hydrogen-bond donors (Lipinski definition) is 0. The number of rotatable bonds is 5. The highest BCUT2D eigenvalue weighted by Crippen LogP contribution is 2.32. The molecule has 23 heavy (non-hydrogen) atoms. The Kier molecular flexibility index (Phi) is 5.40. The van der Waals surface area contributed by atoms with Gasteiger partial charge in [0.15, 0.2) is 0 Å². The van der Waals surface area contributed by atoms with Gasteiger partial charge in [0.05, 0.1) is 6.42 Å². The van der Waals surface area contributed by atoms with Gasteiger partial charge in [-0.1, -0.05) is 0 Å². The van der Waals surface area contributed by atoms with Crippen LogP contribution >= 0.6 is 0 Å². The molecule has 0 saturated carbocycles. The molecule has 1 aromatic rings. The first-order chi connectivity index (χ1) is 10.2. The summed E-state index contributed by atoms with van der Waals surface area (Å²) in [4.78, 5) is 11.6. The van der Waals surface area contributed by atoms with Gasteiger partial charge in [0.25, 0.3) is 0 Å². The van der Waals surface area contributed by atoms with Crippen molar-refractivity contribution in [2.24, 2.45) is 0 Å². The summed E-state index contributed by atoms with van der Waals surface area (Å²) in [5.74, 6) is -1.09. The third-order valence-electron chi connectivity index (χ3n) is 2.49. The topological polar surface area (TPSA) is 76.8 Å². The number of nitrogens with zero attached hydrogens (tertiary/aromatic N) is 1. The third-order valence-corrected chi connectivity index (χ3v) is 4.02. The van der Waals surface area contributed by atoms with Crippen molar-refractivity contribution in [3.63, 3.8) is 0 Å². The van der Waals surface area contributed by atoms with Crippen LogP contribution < -0.4 is 4.31 Å². The predicted molar refractivity (Wildman–Crippen MR) is 76.2 cm³/mol. The Morgan fingerprint density at radius 2 is 1.83 bits per heavy atom. The first-order valence-electron chi connectivity index (χ1n) is 6.61. The van der Waals surface area contributed by atoms with Gasteiger partial charge in [0, 0.05) is 12.6 Å². The number of esters is 1. The number of hydrogen-bond acceptors (Lipinski definition) is 5. The molecule has 0 aliphatic carbocycles. The monoisotopic (exact) mass is 357 g/mol. The van der Waals surface area contributed by atoms with Crippen molar-refractivity contribution >= 4 is 21.9 Å². The zero-order valence-corrected chi connectivity index (χ0v) is 13.9. The molecule has 0 amide bonds. The summed E-state index contributed by atoms with van der Waals surface area (Å²) in [6.45, 7) is 5.47. The molecule has 1 aromatic heterocycles. The van der Waals surface area contributed by atoms with Crippen molar-refractivity contribution in [3.05, 3.63) is 17.9 Å². The molecule has 0 atom stereocenters. The van der Waals surface area contributed by atoms with Gasteiger partial charge in [-0.05, 0) is 33.8 Å². The fourth-order valence-electron chi connectivity index (χ4n) is 1.61. The molecular formula is C13H18F3NO5S. The van der Waals surface area contributed by atoms with E-state index in [-0.39, 0.29) is 10.1 Å². The lowest BCUT2D eigenvalue weighted by atomic mass is 10.2. The van der Waals surface area contributed by atoms with Crippen LogP contribution in [0.5, 0.6) is 0 Å². The van der Waals surface area contributed by atoms with Crippen LogP contribution in [0.25, 0.3) is 0 Å². The van der Waals surface area contributed by atoms with Crippen molar-refractivity contribution < 1.29 is 35.5 Å². The number of carbonyl (C=O) groups excluding carboxylic acids is 1. The smallest absolute Gasteiger partial charge is 0.460 e. The number of furan rings is 1. The molecule has 0 saturated heterocycles. The SMILES string of the molecule is Cc1ccc(N(CCC(=O)OC(C)(C)C)S(=O)(=O)C(F)(F)F)o1. The number of aryl methyl sites for hydroxylation is 1. The standard InChI is InChI=1S/C13H18F3NO5S/c1-9-5-6-10(21-9)17(23(19,20)13(14,15)16)8-7-11(18)22-12(2,3)4/h5-6H,7-8H2,1-4H3. The van der Waals surface area contributed by atoms with E-state index in [9.17, 15) is 26.4 Å². The van der Waals surface area contributed by atoms with Crippen molar-refractivity contribution in [2.45, 2.75) is 45.2 Å². The van der Waals surface area contributed by atoms with Crippen molar-refractivity contribution in [3.8, 4) is 0 Å². The first kappa shape index (κ1) is 19.3. The van der Waals surface area contributed by atoms with Crippen LogP contribution in [0.1, 0.15) is 33.0 Å². The zero-order valence-electron chi connectivity index (χ0n) is 13.1. The van der Waals surface area contributed by atoms with Crippen LogP contribution in [-0.4, -0.2) is 32.0 Å². The molecule has 0 aromatic carbocycles. The molecule has 1 heterocycles. The quantitative estimate of drug-likeness (QED) is 0.757.